The average molecular weight is 335 g/mol. The van der Waals surface area contributed by atoms with Gasteiger partial charge in [-0.05, 0) is 32.3 Å². The summed E-state index contributed by atoms with van der Waals surface area (Å²) in [5.74, 6) is -0.648. The lowest BCUT2D eigenvalue weighted by molar-refractivity contribution is -0.152. The monoisotopic (exact) mass is 335 g/mol. The first kappa shape index (κ1) is 16.4. The Morgan fingerprint density at radius 3 is 2.65 bits per heavy atom. The van der Waals surface area contributed by atoms with Gasteiger partial charge in [0.05, 0.1) is 18.1 Å². The van der Waals surface area contributed by atoms with Crippen LogP contribution in [-0.4, -0.2) is 35.2 Å². The number of benzene rings is 1. The van der Waals surface area contributed by atoms with E-state index in [9.17, 15) is 9.18 Å². The van der Waals surface area contributed by atoms with Crippen LogP contribution in [0.3, 0.4) is 0 Å². The molecule has 0 spiro atoms. The fourth-order valence-electron chi connectivity index (χ4n) is 3.58. The molecule has 23 heavy (non-hydrogen) atoms. The van der Waals surface area contributed by atoms with E-state index in [0.29, 0.717) is 31.0 Å². The summed E-state index contributed by atoms with van der Waals surface area (Å²) in [5.41, 5.74) is 0.439. The van der Waals surface area contributed by atoms with Crippen molar-refractivity contribution in [1.82, 2.24) is 4.90 Å². The van der Waals surface area contributed by atoms with Crippen molar-refractivity contribution < 1.29 is 13.9 Å². The minimum Gasteiger partial charge on any atom is -0.466 e. The number of alkyl halides is 1. The van der Waals surface area contributed by atoms with Crippen LogP contribution in [0.5, 0.6) is 0 Å². The molecule has 1 saturated heterocycles. The molecule has 2 unspecified atom stereocenters. The third-order valence-electron chi connectivity index (χ3n) is 5.20. The van der Waals surface area contributed by atoms with E-state index >= 15 is 0 Å². The largest absolute Gasteiger partial charge is 0.466 e. The minimum atomic E-state index is -1.25. The molecule has 3 atom stereocenters. The van der Waals surface area contributed by atoms with Gasteiger partial charge in [0.2, 0.25) is 0 Å². The maximum atomic E-state index is 14.9. The Balaban J connectivity index is 1.79. The first-order valence-electron chi connectivity index (χ1n) is 8.18. The SMILES string of the molecule is CCOC(=O)C1(C2CN([C@@H](C)c3ccccc3)C(=S)C2F)CC1. The van der Waals surface area contributed by atoms with E-state index in [2.05, 4.69) is 0 Å². The Kier molecular flexibility index (Phi) is 4.41. The van der Waals surface area contributed by atoms with Crippen LogP contribution in [0.1, 0.15) is 38.3 Å². The van der Waals surface area contributed by atoms with Crippen LogP contribution >= 0.6 is 12.2 Å². The summed E-state index contributed by atoms with van der Waals surface area (Å²) in [6.07, 6.45) is 0.156. The lowest BCUT2D eigenvalue weighted by Gasteiger charge is -2.27. The van der Waals surface area contributed by atoms with Gasteiger partial charge in [-0.25, -0.2) is 4.39 Å². The van der Waals surface area contributed by atoms with Crippen molar-refractivity contribution in [2.75, 3.05) is 13.2 Å². The van der Waals surface area contributed by atoms with Gasteiger partial charge < -0.3 is 9.64 Å². The summed E-state index contributed by atoms with van der Waals surface area (Å²) in [6.45, 7) is 4.62. The first-order valence-corrected chi connectivity index (χ1v) is 8.59. The second kappa shape index (κ2) is 6.19. The van der Waals surface area contributed by atoms with Gasteiger partial charge in [0.15, 0.2) is 6.17 Å². The van der Waals surface area contributed by atoms with Crippen LogP contribution in [0.25, 0.3) is 0 Å². The summed E-state index contributed by atoms with van der Waals surface area (Å²) in [5, 5.41) is 0. The molecule has 0 bridgehead atoms. The molecule has 5 heteroatoms. The average Bonchev–Trinajstić information content (AvgIpc) is 3.31. The Bertz CT molecular complexity index is 602. The molecule has 124 valence electrons. The normalized spacial score (nSPS) is 26.9. The highest BCUT2D eigenvalue weighted by atomic mass is 32.1. The van der Waals surface area contributed by atoms with Crippen LogP contribution in [0, 0.1) is 11.3 Å². The zero-order chi connectivity index (χ0) is 16.6. The molecule has 1 saturated carbocycles. The van der Waals surface area contributed by atoms with Gasteiger partial charge in [0.25, 0.3) is 0 Å². The van der Waals surface area contributed by atoms with Gasteiger partial charge in [0, 0.05) is 12.5 Å². The highest BCUT2D eigenvalue weighted by Gasteiger charge is 2.62. The highest BCUT2D eigenvalue weighted by molar-refractivity contribution is 7.80. The number of hydrogen-bond acceptors (Lipinski definition) is 3. The van der Waals surface area contributed by atoms with E-state index in [1.165, 1.54) is 0 Å². The number of rotatable bonds is 5. The third-order valence-corrected chi connectivity index (χ3v) is 5.66. The predicted molar refractivity (Wildman–Crippen MR) is 90.8 cm³/mol. The summed E-state index contributed by atoms with van der Waals surface area (Å²) < 4.78 is 20.0. The van der Waals surface area contributed by atoms with Crippen molar-refractivity contribution >= 4 is 23.2 Å². The fourth-order valence-corrected chi connectivity index (χ4v) is 3.97. The second-order valence-electron chi connectivity index (χ2n) is 6.46. The molecule has 0 aromatic heterocycles. The van der Waals surface area contributed by atoms with Crippen LogP contribution < -0.4 is 0 Å². The zero-order valence-electron chi connectivity index (χ0n) is 13.5. The summed E-state index contributed by atoms with van der Waals surface area (Å²) in [6, 6.07) is 9.94. The summed E-state index contributed by atoms with van der Waals surface area (Å²) >= 11 is 5.36. The number of ether oxygens (including phenoxy) is 1. The molecule has 1 heterocycles. The van der Waals surface area contributed by atoms with Crippen molar-refractivity contribution in [2.45, 2.75) is 38.9 Å². The molecule has 3 nitrogen and oxygen atoms in total. The number of halogens is 1. The van der Waals surface area contributed by atoms with Gasteiger partial charge in [-0.15, -0.1) is 0 Å². The molecule has 3 rings (SSSR count). The molecular formula is C18H22FNO2S. The molecule has 0 amide bonds. The van der Waals surface area contributed by atoms with Crippen molar-refractivity contribution in [3.05, 3.63) is 35.9 Å². The fraction of sp³-hybridized carbons (Fsp3) is 0.556. The van der Waals surface area contributed by atoms with Gasteiger partial charge in [-0.2, -0.15) is 0 Å². The van der Waals surface area contributed by atoms with Crippen LogP contribution in [0.4, 0.5) is 4.39 Å². The summed E-state index contributed by atoms with van der Waals surface area (Å²) in [7, 11) is 0. The number of nitrogens with zero attached hydrogens (tertiary/aromatic N) is 1. The first-order chi connectivity index (χ1) is 11.0. The van der Waals surface area contributed by atoms with Crippen molar-refractivity contribution in [2.24, 2.45) is 11.3 Å². The smallest absolute Gasteiger partial charge is 0.312 e. The van der Waals surface area contributed by atoms with Crippen LogP contribution in [0.2, 0.25) is 0 Å². The number of hydrogen-bond donors (Lipinski definition) is 0. The quantitative estimate of drug-likeness (QED) is 0.606. The van der Waals surface area contributed by atoms with E-state index < -0.39 is 11.6 Å². The second-order valence-corrected chi connectivity index (χ2v) is 6.88. The maximum Gasteiger partial charge on any atom is 0.312 e. The molecule has 1 aliphatic heterocycles. The Morgan fingerprint density at radius 1 is 1.43 bits per heavy atom. The molecular weight excluding hydrogens is 313 g/mol. The molecule has 1 aromatic rings. The molecule has 0 N–H and O–H groups in total. The third kappa shape index (κ3) is 2.75. The van der Waals surface area contributed by atoms with E-state index in [1.54, 1.807) is 6.92 Å². The van der Waals surface area contributed by atoms with Gasteiger partial charge in [-0.3, -0.25) is 4.79 Å². The lowest BCUT2D eigenvalue weighted by Crippen LogP contribution is -2.34. The summed E-state index contributed by atoms with van der Waals surface area (Å²) in [4.78, 5) is 14.5. The minimum absolute atomic E-state index is 0.00458. The van der Waals surface area contributed by atoms with Crippen LogP contribution in [0.15, 0.2) is 30.3 Å². The number of carbonyl (C=O) groups is 1. The van der Waals surface area contributed by atoms with E-state index in [4.69, 9.17) is 17.0 Å². The number of thiocarbonyl (C=S) groups is 1. The molecule has 1 aromatic carbocycles. The van der Waals surface area contributed by atoms with E-state index in [0.717, 1.165) is 5.56 Å². The van der Waals surface area contributed by atoms with Crippen LogP contribution in [-0.2, 0) is 9.53 Å². The topological polar surface area (TPSA) is 29.5 Å². The van der Waals surface area contributed by atoms with Gasteiger partial charge in [0.1, 0.15) is 4.99 Å². The van der Waals surface area contributed by atoms with Gasteiger partial charge >= 0.3 is 5.97 Å². The standard InChI is InChI=1S/C18H22FNO2S/c1-3-22-17(21)18(9-10-18)14-11-20(16(23)15(14)19)12(2)13-7-5-4-6-8-13/h4-8,12,14-15H,3,9-11H2,1-2H3/t12-,14?,15?/m0/s1. The van der Waals surface area contributed by atoms with E-state index in [-0.39, 0.29) is 17.9 Å². The number of likely N-dealkylation sites (tertiary alicyclic amines) is 1. The van der Waals surface area contributed by atoms with E-state index in [1.807, 2.05) is 42.2 Å². The Morgan fingerprint density at radius 2 is 2.09 bits per heavy atom. The predicted octanol–water partition coefficient (Wildman–Crippen LogP) is 3.69. The number of esters is 1. The Hall–Kier alpha value is -1.49. The highest BCUT2D eigenvalue weighted by Crippen LogP contribution is 2.57. The van der Waals surface area contributed by atoms with Crippen molar-refractivity contribution in [3.8, 4) is 0 Å². The zero-order valence-corrected chi connectivity index (χ0v) is 14.3. The van der Waals surface area contributed by atoms with Crippen molar-refractivity contribution in [3.63, 3.8) is 0 Å². The molecule has 2 aliphatic rings. The van der Waals surface area contributed by atoms with Crippen molar-refractivity contribution in [1.29, 1.82) is 0 Å². The molecule has 0 radical (unpaired) electrons. The molecule has 1 aliphatic carbocycles. The Labute approximate surface area is 141 Å². The maximum absolute atomic E-state index is 14.9. The molecule has 2 fully saturated rings. The number of carbonyl (C=O) groups excluding carboxylic acids is 1. The lowest BCUT2D eigenvalue weighted by atomic mass is 9.87. The van der Waals surface area contributed by atoms with Gasteiger partial charge in [-0.1, -0.05) is 42.5 Å².